The van der Waals surface area contributed by atoms with Gasteiger partial charge in [-0.15, -0.1) is 0 Å². The Balaban J connectivity index is 1.99. The van der Waals surface area contributed by atoms with Gasteiger partial charge in [-0.3, -0.25) is 9.59 Å². The normalized spacial score (nSPS) is 17.2. The van der Waals surface area contributed by atoms with E-state index in [1.54, 1.807) is 0 Å². The zero-order valence-corrected chi connectivity index (χ0v) is 16.2. The van der Waals surface area contributed by atoms with E-state index in [-0.39, 0.29) is 29.1 Å². The van der Waals surface area contributed by atoms with Crippen LogP contribution in [0.25, 0.3) is 11.1 Å². The van der Waals surface area contributed by atoms with Crippen molar-refractivity contribution < 1.29 is 35.9 Å². The molecule has 1 atom stereocenters. The van der Waals surface area contributed by atoms with E-state index >= 15 is 0 Å². The van der Waals surface area contributed by atoms with Crippen LogP contribution in [0.15, 0.2) is 53.4 Å². The first-order valence-electron chi connectivity index (χ1n) is 8.75. The number of hydrogen-bond donors (Lipinski definition) is 1. The molecular weight excluding hydrogens is 425 g/mol. The van der Waals surface area contributed by atoms with Gasteiger partial charge in [0.1, 0.15) is 6.04 Å². The highest BCUT2D eigenvalue weighted by Gasteiger charge is 2.41. The summed E-state index contributed by atoms with van der Waals surface area (Å²) in [7, 11) is -4.34. The summed E-state index contributed by atoms with van der Waals surface area (Å²) in [5.41, 5.74) is 4.33. The predicted octanol–water partition coefficient (Wildman–Crippen LogP) is 2.16. The summed E-state index contributed by atoms with van der Waals surface area (Å²) in [4.78, 5) is 22.9. The van der Waals surface area contributed by atoms with Crippen molar-refractivity contribution in [2.24, 2.45) is 5.73 Å². The van der Waals surface area contributed by atoms with Crippen molar-refractivity contribution in [3.8, 4) is 11.1 Å². The molecular formula is C19H17F3N2O5S. The summed E-state index contributed by atoms with van der Waals surface area (Å²) in [6.07, 6.45) is -4.52. The number of sulfonamides is 1. The van der Waals surface area contributed by atoms with E-state index in [9.17, 15) is 31.2 Å². The van der Waals surface area contributed by atoms with Crippen LogP contribution in [0.4, 0.5) is 13.2 Å². The first kappa shape index (κ1) is 21.8. The Bertz CT molecular complexity index is 1070. The number of cyclic esters (lactones) is 1. The highest BCUT2D eigenvalue weighted by atomic mass is 32.2. The Morgan fingerprint density at radius 1 is 1.13 bits per heavy atom. The molecule has 3 rings (SSSR count). The van der Waals surface area contributed by atoms with Gasteiger partial charge < -0.3 is 10.5 Å². The fourth-order valence-electron chi connectivity index (χ4n) is 3.19. The third-order valence-electron chi connectivity index (χ3n) is 4.57. The van der Waals surface area contributed by atoms with Crippen molar-refractivity contribution in [3.05, 3.63) is 54.1 Å². The molecule has 0 aromatic heterocycles. The molecule has 160 valence electrons. The lowest BCUT2D eigenvalue weighted by atomic mass is 9.99. The molecule has 2 N–H and O–H groups in total. The van der Waals surface area contributed by atoms with Crippen LogP contribution in [0, 0.1) is 0 Å². The average molecular weight is 442 g/mol. The fourth-order valence-corrected chi connectivity index (χ4v) is 4.76. The second-order valence-electron chi connectivity index (χ2n) is 6.56. The molecule has 1 aliphatic rings. The molecule has 0 unspecified atom stereocenters. The maximum absolute atomic E-state index is 13.2. The van der Waals surface area contributed by atoms with Crippen LogP contribution < -0.4 is 5.73 Å². The van der Waals surface area contributed by atoms with Gasteiger partial charge in [-0.05, 0) is 29.3 Å². The van der Waals surface area contributed by atoms with Gasteiger partial charge in [0, 0.05) is 6.42 Å². The number of alkyl halides is 3. The minimum atomic E-state index is -4.58. The minimum absolute atomic E-state index is 0.00143. The summed E-state index contributed by atoms with van der Waals surface area (Å²) in [6, 6.07) is 8.40. The van der Waals surface area contributed by atoms with E-state index in [2.05, 4.69) is 0 Å². The van der Waals surface area contributed by atoms with Crippen LogP contribution in [0.5, 0.6) is 0 Å². The van der Waals surface area contributed by atoms with Crippen molar-refractivity contribution in [2.75, 3.05) is 13.2 Å². The van der Waals surface area contributed by atoms with Crippen molar-refractivity contribution in [2.45, 2.75) is 23.5 Å². The number of esters is 1. The number of benzene rings is 2. The third kappa shape index (κ3) is 4.31. The highest BCUT2D eigenvalue weighted by molar-refractivity contribution is 7.89. The molecule has 0 aliphatic carbocycles. The number of amides is 1. The van der Waals surface area contributed by atoms with E-state index in [0.717, 1.165) is 18.2 Å². The van der Waals surface area contributed by atoms with Crippen LogP contribution in [-0.4, -0.2) is 43.8 Å². The molecule has 2 aromatic rings. The Hall–Kier alpha value is -2.92. The molecule has 1 fully saturated rings. The van der Waals surface area contributed by atoms with E-state index in [1.807, 2.05) is 0 Å². The Morgan fingerprint density at radius 3 is 2.30 bits per heavy atom. The molecule has 0 spiro atoms. The molecule has 0 saturated carbocycles. The second-order valence-corrected chi connectivity index (χ2v) is 8.45. The van der Waals surface area contributed by atoms with Gasteiger partial charge in [0.05, 0.1) is 23.6 Å². The number of nitrogens with zero attached hydrogens (tertiary/aromatic N) is 1. The first-order chi connectivity index (χ1) is 14.0. The number of ether oxygens (including phenoxy) is 1. The Morgan fingerprint density at radius 2 is 1.77 bits per heavy atom. The van der Waals surface area contributed by atoms with Gasteiger partial charge in [-0.1, -0.05) is 30.3 Å². The van der Waals surface area contributed by atoms with Crippen LogP contribution in [-0.2, 0) is 30.5 Å². The van der Waals surface area contributed by atoms with Crippen molar-refractivity contribution in [1.29, 1.82) is 0 Å². The van der Waals surface area contributed by atoms with E-state index in [4.69, 9.17) is 10.5 Å². The van der Waals surface area contributed by atoms with Gasteiger partial charge in [0.15, 0.2) is 0 Å². The summed E-state index contributed by atoms with van der Waals surface area (Å²) >= 11 is 0. The van der Waals surface area contributed by atoms with E-state index < -0.39 is 46.2 Å². The molecule has 1 saturated heterocycles. The van der Waals surface area contributed by atoms with Crippen LogP contribution in [0.1, 0.15) is 12.0 Å². The number of nitrogens with two attached hydrogens (primary N) is 1. The van der Waals surface area contributed by atoms with Crippen molar-refractivity contribution in [3.63, 3.8) is 0 Å². The molecule has 2 aromatic carbocycles. The zero-order chi connectivity index (χ0) is 22.1. The van der Waals surface area contributed by atoms with E-state index in [1.165, 1.54) is 30.3 Å². The smallest absolute Gasteiger partial charge is 0.417 e. The first-order valence-corrected chi connectivity index (χ1v) is 10.2. The van der Waals surface area contributed by atoms with E-state index in [0.29, 0.717) is 4.31 Å². The van der Waals surface area contributed by atoms with Gasteiger partial charge in [-0.25, -0.2) is 8.42 Å². The lowest BCUT2D eigenvalue weighted by molar-refractivity contribution is -0.141. The molecule has 11 heteroatoms. The molecule has 1 heterocycles. The molecule has 1 aliphatic heterocycles. The molecule has 1 amide bonds. The highest BCUT2D eigenvalue weighted by Crippen LogP contribution is 2.37. The number of primary amides is 1. The maximum atomic E-state index is 13.2. The topological polar surface area (TPSA) is 107 Å². The summed E-state index contributed by atoms with van der Waals surface area (Å²) in [5.74, 6) is -1.76. The lowest BCUT2D eigenvalue weighted by Gasteiger charge is -2.24. The van der Waals surface area contributed by atoms with Gasteiger partial charge in [0.25, 0.3) is 0 Å². The van der Waals surface area contributed by atoms with Crippen LogP contribution in [0.2, 0.25) is 0 Å². The average Bonchev–Trinajstić information content (AvgIpc) is 3.11. The number of hydrogen-bond acceptors (Lipinski definition) is 5. The van der Waals surface area contributed by atoms with Crippen LogP contribution in [0.3, 0.4) is 0 Å². The summed E-state index contributed by atoms with van der Waals surface area (Å²) in [5, 5.41) is 0. The summed E-state index contributed by atoms with van der Waals surface area (Å²) in [6.45, 7) is -0.734. The quantitative estimate of drug-likeness (QED) is 0.690. The van der Waals surface area contributed by atoms with Gasteiger partial charge in [-0.2, -0.15) is 17.5 Å². The SMILES string of the molecule is NC(=O)CN([C@H]1CCOC1=O)S(=O)(=O)c1ccc(-c2ccccc2C(F)(F)F)cc1. The standard InChI is InChI=1S/C19H17F3N2O5S/c20-19(21,22)15-4-2-1-3-14(15)12-5-7-13(8-6-12)30(27,28)24(11-17(23)25)16-9-10-29-18(16)26/h1-8,16H,9-11H2,(H2,23,25)/t16-/m0/s1. The van der Waals surface area contributed by atoms with Crippen molar-refractivity contribution in [1.82, 2.24) is 4.31 Å². The molecule has 30 heavy (non-hydrogen) atoms. The Labute approximate surface area is 170 Å². The van der Waals surface area contributed by atoms with Gasteiger partial charge in [0.2, 0.25) is 15.9 Å². The summed E-state index contributed by atoms with van der Waals surface area (Å²) < 4.78 is 71.2. The minimum Gasteiger partial charge on any atom is -0.464 e. The molecule has 7 nitrogen and oxygen atoms in total. The van der Waals surface area contributed by atoms with Crippen molar-refractivity contribution >= 4 is 21.9 Å². The number of halogens is 3. The Kier molecular flexibility index (Phi) is 5.86. The predicted molar refractivity (Wildman–Crippen MR) is 99.3 cm³/mol. The maximum Gasteiger partial charge on any atom is 0.417 e. The molecule has 0 bridgehead atoms. The number of carbonyl (C=O) groups excluding carboxylic acids is 2. The second kappa shape index (κ2) is 8.07. The molecule has 0 radical (unpaired) electrons. The number of carbonyl (C=O) groups is 2. The lowest BCUT2D eigenvalue weighted by Crippen LogP contribution is -2.47. The number of rotatable bonds is 6. The monoisotopic (exact) mass is 442 g/mol. The fraction of sp³-hybridized carbons (Fsp3) is 0.263. The van der Waals surface area contributed by atoms with Gasteiger partial charge >= 0.3 is 12.1 Å². The zero-order valence-electron chi connectivity index (χ0n) is 15.4. The largest absolute Gasteiger partial charge is 0.464 e. The third-order valence-corrected chi connectivity index (χ3v) is 6.44. The van der Waals surface area contributed by atoms with Crippen LogP contribution >= 0.6 is 0 Å².